The van der Waals surface area contributed by atoms with Crippen molar-refractivity contribution in [3.8, 4) is 0 Å². The maximum absolute atomic E-state index is 10.6. The summed E-state index contributed by atoms with van der Waals surface area (Å²) >= 11 is 1.72. The summed E-state index contributed by atoms with van der Waals surface area (Å²) in [5.41, 5.74) is 4.32. The third-order valence-corrected chi connectivity index (χ3v) is 4.40. The van der Waals surface area contributed by atoms with E-state index in [0.717, 1.165) is 5.75 Å². The minimum absolute atomic E-state index is 0.181. The molecule has 0 aromatic heterocycles. The van der Waals surface area contributed by atoms with Gasteiger partial charge in [-0.15, -0.1) is 0 Å². The second kappa shape index (κ2) is 5.58. The molecule has 3 heteroatoms. The van der Waals surface area contributed by atoms with Crippen LogP contribution in [0.5, 0.6) is 0 Å². The van der Waals surface area contributed by atoms with E-state index >= 15 is 0 Å². The maximum atomic E-state index is 10.6. The number of thioether (sulfide) groups is 1. The van der Waals surface area contributed by atoms with Gasteiger partial charge in [0.1, 0.15) is 0 Å². The summed E-state index contributed by atoms with van der Waals surface area (Å²) in [5.74, 6) is 0.209. The largest absolute Gasteiger partial charge is 0.481 e. The number of hydrogen-bond acceptors (Lipinski definition) is 2. The average Bonchev–Trinajstić information content (AvgIpc) is 2.72. The SMILES string of the molecule is CC(CC(=O)O)SCc1ccc2c(c1)CCC2. The molecule has 0 spiro atoms. The first-order valence-electron chi connectivity index (χ1n) is 6.09. The van der Waals surface area contributed by atoms with Gasteiger partial charge < -0.3 is 5.11 Å². The Hall–Kier alpha value is -0.960. The number of rotatable bonds is 5. The van der Waals surface area contributed by atoms with Crippen LogP contribution in [0.15, 0.2) is 18.2 Å². The molecule has 17 heavy (non-hydrogen) atoms. The van der Waals surface area contributed by atoms with Gasteiger partial charge in [0, 0.05) is 11.0 Å². The number of aryl methyl sites for hydroxylation is 2. The molecule has 0 saturated heterocycles. The lowest BCUT2D eigenvalue weighted by atomic mass is 10.1. The first-order valence-corrected chi connectivity index (χ1v) is 7.14. The Morgan fingerprint density at radius 1 is 1.41 bits per heavy atom. The van der Waals surface area contributed by atoms with Crippen LogP contribution in [0.25, 0.3) is 0 Å². The lowest BCUT2D eigenvalue weighted by Crippen LogP contribution is -2.05. The number of carboxylic acid groups (broad SMARTS) is 1. The third kappa shape index (κ3) is 3.50. The van der Waals surface area contributed by atoms with Gasteiger partial charge in [-0.1, -0.05) is 25.1 Å². The van der Waals surface area contributed by atoms with Gasteiger partial charge in [-0.3, -0.25) is 4.79 Å². The minimum atomic E-state index is -0.709. The molecule has 1 aromatic carbocycles. The number of hydrogen-bond donors (Lipinski definition) is 1. The fourth-order valence-electron chi connectivity index (χ4n) is 2.26. The molecule has 2 nitrogen and oxygen atoms in total. The number of benzene rings is 1. The van der Waals surface area contributed by atoms with E-state index in [1.54, 1.807) is 11.8 Å². The molecular weight excluding hydrogens is 232 g/mol. The van der Waals surface area contributed by atoms with Crippen molar-refractivity contribution in [2.24, 2.45) is 0 Å². The van der Waals surface area contributed by atoms with Crippen LogP contribution in [-0.2, 0) is 23.4 Å². The number of carboxylic acids is 1. The van der Waals surface area contributed by atoms with E-state index in [1.807, 2.05) is 6.92 Å². The summed E-state index contributed by atoms with van der Waals surface area (Å²) < 4.78 is 0. The third-order valence-electron chi connectivity index (χ3n) is 3.16. The molecule has 0 bridgehead atoms. The van der Waals surface area contributed by atoms with Crippen molar-refractivity contribution in [3.63, 3.8) is 0 Å². The molecule has 92 valence electrons. The highest BCUT2D eigenvalue weighted by molar-refractivity contribution is 7.99. The second-order valence-corrected chi connectivity index (χ2v) is 6.10. The van der Waals surface area contributed by atoms with Crippen LogP contribution in [0.1, 0.15) is 36.5 Å². The predicted octanol–water partition coefficient (Wildman–Crippen LogP) is 3.27. The van der Waals surface area contributed by atoms with E-state index < -0.39 is 5.97 Å². The summed E-state index contributed by atoms with van der Waals surface area (Å²) in [7, 11) is 0. The molecular formula is C14H18O2S. The van der Waals surface area contributed by atoms with Crippen molar-refractivity contribution >= 4 is 17.7 Å². The van der Waals surface area contributed by atoms with Crippen molar-refractivity contribution in [1.82, 2.24) is 0 Å². The Labute approximate surface area is 106 Å². The number of fused-ring (bicyclic) bond motifs is 1. The summed E-state index contributed by atoms with van der Waals surface area (Å²) in [4.78, 5) is 10.6. The van der Waals surface area contributed by atoms with Crippen LogP contribution >= 0.6 is 11.8 Å². The Bertz CT molecular complexity index is 415. The Kier molecular flexibility index (Phi) is 4.11. The molecule has 0 saturated carbocycles. The molecule has 1 aromatic rings. The average molecular weight is 250 g/mol. The van der Waals surface area contributed by atoms with E-state index in [2.05, 4.69) is 18.2 Å². The first-order chi connectivity index (χ1) is 8.15. The Morgan fingerprint density at radius 3 is 2.94 bits per heavy atom. The van der Waals surface area contributed by atoms with E-state index in [9.17, 15) is 4.79 Å². The molecule has 1 aliphatic carbocycles. The highest BCUT2D eigenvalue weighted by Crippen LogP contribution is 2.26. The summed E-state index contributed by atoms with van der Waals surface area (Å²) in [5, 5.41) is 8.88. The second-order valence-electron chi connectivity index (χ2n) is 4.68. The summed E-state index contributed by atoms with van der Waals surface area (Å²) in [6.45, 7) is 1.98. The smallest absolute Gasteiger partial charge is 0.304 e. The summed E-state index contributed by atoms with van der Waals surface area (Å²) in [6, 6.07) is 6.72. The minimum Gasteiger partial charge on any atom is -0.481 e. The molecule has 1 N–H and O–H groups in total. The normalized spacial score (nSPS) is 15.6. The fourth-order valence-corrected chi connectivity index (χ4v) is 3.18. The highest BCUT2D eigenvalue weighted by atomic mass is 32.2. The van der Waals surface area contributed by atoms with E-state index in [4.69, 9.17) is 5.11 Å². The van der Waals surface area contributed by atoms with Crippen molar-refractivity contribution in [2.45, 2.75) is 43.6 Å². The van der Waals surface area contributed by atoms with Crippen molar-refractivity contribution < 1.29 is 9.90 Å². The molecule has 0 fully saturated rings. The maximum Gasteiger partial charge on any atom is 0.304 e. The van der Waals surface area contributed by atoms with E-state index in [0.29, 0.717) is 0 Å². The topological polar surface area (TPSA) is 37.3 Å². The van der Waals surface area contributed by atoms with Gasteiger partial charge >= 0.3 is 5.97 Å². The number of carbonyl (C=O) groups is 1. The van der Waals surface area contributed by atoms with Crippen LogP contribution in [0.3, 0.4) is 0 Å². The first kappa shape index (κ1) is 12.5. The van der Waals surface area contributed by atoms with E-state index in [-0.39, 0.29) is 11.7 Å². The molecule has 1 unspecified atom stereocenters. The molecule has 2 rings (SSSR count). The van der Waals surface area contributed by atoms with Crippen LogP contribution in [0, 0.1) is 0 Å². The number of aliphatic carboxylic acids is 1. The van der Waals surface area contributed by atoms with Gasteiger partial charge in [0.05, 0.1) is 6.42 Å². The van der Waals surface area contributed by atoms with Crippen molar-refractivity contribution in [1.29, 1.82) is 0 Å². The monoisotopic (exact) mass is 250 g/mol. The highest BCUT2D eigenvalue weighted by Gasteiger charge is 2.12. The fraction of sp³-hybridized carbons (Fsp3) is 0.500. The Balaban J connectivity index is 1.89. The Morgan fingerprint density at radius 2 is 2.18 bits per heavy atom. The van der Waals surface area contributed by atoms with Crippen LogP contribution in [-0.4, -0.2) is 16.3 Å². The lowest BCUT2D eigenvalue weighted by Gasteiger charge is -2.09. The zero-order valence-corrected chi connectivity index (χ0v) is 10.9. The van der Waals surface area contributed by atoms with Gasteiger partial charge in [-0.05, 0) is 36.0 Å². The molecule has 0 amide bonds. The molecule has 1 aliphatic rings. The van der Waals surface area contributed by atoms with Crippen molar-refractivity contribution in [2.75, 3.05) is 0 Å². The molecule has 0 heterocycles. The zero-order valence-electron chi connectivity index (χ0n) is 10.1. The van der Waals surface area contributed by atoms with Gasteiger partial charge in [0.25, 0.3) is 0 Å². The van der Waals surface area contributed by atoms with Gasteiger partial charge in [0.15, 0.2) is 0 Å². The zero-order chi connectivity index (χ0) is 12.3. The molecule has 0 aliphatic heterocycles. The quantitative estimate of drug-likeness (QED) is 0.871. The van der Waals surface area contributed by atoms with Crippen LogP contribution in [0.2, 0.25) is 0 Å². The predicted molar refractivity (Wildman–Crippen MR) is 71.5 cm³/mol. The van der Waals surface area contributed by atoms with E-state index in [1.165, 1.54) is 36.0 Å². The van der Waals surface area contributed by atoms with Gasteiger partial charge in [-0.25, -0.2) is 0 Å². The standard InChI is InChI=1S/C14H18O2S/c1-10(7-14(15)16)17-9-11-5-6-12-3-2-4-13(12)8-11/h5-6,8,10H,2-4,7,9H2,1H3,(H,15,16). The van der Waals surface area contributed by atoms with Crippen LogP contribution in [0.4, 0.5) is 0 Å². The van der Waals surface area contributed by atoms with Gasteiger partial charge in [0.2, 0.25) is 0 Å². The summed E-state index contributed by atoms with van der Waals surface area (Å²) in [6.07, 6.45) is 3.95. The molecule has 1 atom stereocenters. The van der Waals surface area contributed by atoms with Crippen LogP contribution < -0.4 is 0 Å². The molecule has 0 radical (unpaired) electrons. The van der Waals surface area contributed by atoms with Gasteiger partial charge in [-0.2, -0.15) is 11.8 Å². The van der Waals surface area contributed by atoms with Crippen molar-refractivity contribution in [3.05, 3.63) is 34.9 Å². The lowest BCUT2D eigenvalue weighted by molar-refractivity contribution is -0.136.